The number of hydrogen-bond acceptors (Lipinski definition) is 4. The summed E-state index contributed by atoms with van der Waals surface area (Å²) in [6, 6.07) is 0.943. The first-order chi connectivity index (χ1) is 8.96. The molecule has 0 radical (unpaired) electrons. The molecule has 0 aromatic rings. The van der Waals surface area contributed by atoms with Gasteiger partial charge in [-0.15, -0.1) is 0 Å². The standard InChI is InChI=1S/C14H28N2O2S/c1-12(2)5-8-16(14-3-4-14)9-6-13-11-19(17,18)10-7-15-13/h12-15H,3-11H2,1-2H3. The third-order valence-electron chi connectivity index (χ3n) is 4.12. The van der Waals surface area contributed by atoms with Crippen LogP contribution in [0.15, 0.2) is 0 Å². The van der Waals surface area contributed by atoms with Crippen LogP contribution in [0.5, 0.6) is 0 Å². The van der Waals surface area contributed by atoms with Crippen LogP contribution >= 0.6 is 0 Å². The maximum absolute atomic E-state index is 11.6. The van der Waals surface area contributed by atoms with Gasteiger partial charge in [0.2, 0.25) is 0 Å². The van der Waals surface area contributed by atoms with E-state index in [0.717, 1.165) is 24.9 Å². The molecular weight excluding hydrogens is 260 g/mol. The fourth-order valence-corrected chi connectivity index (χ4v) is 4.21. The second-order valence-electron chi connectivity index (χ2n) is 6.50. The number of nitrogens with one attached hydrogen (secondary N) is 1. The summed E-state index contributed by atoms with van der Waals surface area (Å²) in [5.41, 5.74) is 0. The Morgan fingerprint density at radius 2 is 2.00 bits per heavy atom. The summed E-state index contributed by atoms with van der Waals surface area (Å²) in [6.45, 7) is 7.37. The third-order valence-corrected chi connectivity index (χ3v) is 5.86. The van der Waals surface area contributed by atoms with E-state index in [2.05, 4.69) is 24.1 Å². The monoisotopic (exact) mass is 288 g/mol. The smallest absolute Gasteiger partial charge is 0.153 e. The van der Waals surface area contributed by atoms with E-state index in [1.54, 1.807) is 0 Å². The third kappa shape index (κ3) is 5.40. The molecule has 1 N–H and O–H groups in total. The zero-order valence-electron chi connectivity index (χ0n) is 12.3. The molecule has 1 saturated carbocycles. The Labute approximate surface area is 117 Å². The minimum Gasteiger partial charge on any atom is -0.312 e. The molecule has 5 heteroatoms. The molecule has 0 bridgehead atoms. The van der Waals surface area contributed by atoms with E-state index in [1.807, 2.05) is 0 Å². The van der Waals surface area contributed by atoms with Gasteiger partial charge in [-0.3, -0.25) is 0 Å². The van der Waals surface area contributed by atoms with Crippen molar-refractivity contribution in [2.24, 2.45) is 5.92 Å². The molecule has 0 amide bonds. The largest absolute Gasteiger partial charge is 0.312 e. The van der Waals surface area contributed by atoms with Crippen LogP contribution in [0.4, 0.5) is 0 Å². The second kappa shape index (κ2) is 6.55. The first-order valence-electron chi connectivity index (χ1n) is 7.64. The Morgan fingerprint density at radius 3 is 2.58 bits per heavy atom. The Kier molecular flexibility index (Phi) is 5.26. The highest BCUT2D eigenvalue weighted by molar-refractivity contribution is 7.91. The Bertz CT molecular complexity index is 377. The van der Waals surface area contributed by atoms with Gasteiger partial charge >= 0.3 is 0 Å². The molecule has 2 aliphatic rings. The first kappa shape index (κ1) is 15.3. The zero-order chi connectivity index (χ0) is 13.9. The average molecular weight is 288 g/mol. The molecule has 1 aliphatic heterocycles. The van der Waals surface area contributed by atoms with Crippen LogP contribution in [0.2, 0.25) is 0 Å². The molecule has 112 valence electrons. The second-order valence-corrected chi connectivity index (χ2v) is 8.73. The minimum atomic E-state index is -2.79. The van der Waals surface area contributed by atoms with Crippen LogP contribution in [-0.4, -0.2) is 56.5 Å². The van der Waals surface area contributed by atoms with Crippen molar-refractivity contribution >= 4 is 9.84 Å². The molecule has 1 unspecified atom stereocenters. The number of rotatable bonds is 7. The molecule has 1 saturated heterocycles. The molecule has 1 atom stereocenters. The van der Waals surface area contributed by atoms with Gasteiger partial charge in [0.15, 0.2) is 9.84 Å². The zero-order valence-corrected chi connectivity index (χ0v) is 13.1. The van der Waals surface area contributed by atoms with E-state index in [9.17, 15) is 8.42 Å². The van der Waals surface area contributed by atoms with Gasteiger partial charge in [-0.25, -0.2) is 8.42 Å². The average Bonchev–Trinajstić information content (AvgIpc) is 3.11. The summed E-state index contributed by atoms with van der Waals surface area (Å²) in [7, 11) is -2.79. The lowest BCUT2D eigenvalue weighted by atomic mass is 10.1. The quantitative estimate of drug-likeness (QED) is 0.766. The molecule has 1 heterocycles. The van der Waals surface area contributed by atoms with Crippen molar-refractivity contribution in [3.63, 3.8) is 0 Å². The van der Waals surface area contributed by atoms with Crippen LogP contribution in [0.25, 0.3) is 0 Å². The highest BCUT2D eigenvalue weighted by atomic mass is 32.2. The molecule has 1 aliphatic carbocycles. The fourth-order valence-electron chi connectivity index (χ4n) is 2.72. The normalized spacial score (nSPS) is 27.1. The van der Waals surface area contributed by atoms with Gasteiger partial charge in [0.1, 0.15) is 0 Å². The van der Waals surface area contributed by atoms with E-state index in [1.165, 1.54) is 25.8 Å². The molecular formula is C14H28N2O2S. The Hall–Kier alpha value is -0.130. The first-order valence-corrected chi connectivity index (χ1v) is 9.46. The Balaban J connectivity index is 1.75. The van der Waals surface area contributed by atoms with Crippen LogP contribution in [0, 0.1) is 5.92 Å². The number of sulfone groups is 1. The predicted molar refractivity (Wildman–Crippen MR) is 79.1 cm³/mol. The summed E-state index contributed by atoms with van der Waals surface area (Å²) < 4.78 is 23.2. The van der Waals surface area contributed by atoms with Crippen molar-refractivity contribution < 1.29 is 8.42 Å². The molecule has 4 nitrogen and oxygen atoms in total. The van der Waals surface area contributed by atoms with E-state index in [-0.39, 0.29) is 6.04 Å². The fraction of sp³-hybridized carbons (Fsp3) is 1.00. The van der Waals surface area contributed by atoms with Crippen molar-refractivity contribution in [2.75, 3.05) is 31.1 Å². The van der Waals surface area contributed by atoms with Gasteiger partial charge in [0.05, 0.1) is 11.5 Å². The van der Waals surface area contributed by atoms with Crippen molar-refractivity contribution in [3.05, 3.63) is 0 Å². The van der Waals surface area contributed by atoms with Crippen molar-refractivity contribution in [1.82, 2.24) is 10.2 Å². The highest BCUT2D eigenvalue weighted by Gasteiger charge is 2.30. The number of hydrogen-bond donors (Lipinski definition) is 1. The SMILES string of the molecule is CC(C)CCN(CCC1CS(=O)(=O)CCN1)C1CC1. The molecule has 19 heavy (non-hydrogen) atoms. The topological polar surface area (TPSA) is 49.4 Å². The van der Waals surface area contributed by atoms with E-state index in [0.29, 0.717) is 18.1 Å². The predicted octanol–water partition coefficient (Wildman–Crippen LogP) is 1.27. The van der Waals surface area contributed by atoms with Crippen LogP contribution in [-0.2, 0) is 9.84 Å². The van der Waals surface area contributed by atoms with Crippen LogP contribution in [0.1, 0.15) is 39.5 Å². The van der Waals surface area contributed by atoms with Gasteiger partial charge in [0, 0.05) is 18.6 Å². The van der Waals surface area contributed by atoms with Gasteiger partial charge < -0.3 is 10.2 Å². The van der Waals surface area contributed by atoms with Gasteiger partial charge in [-0.1, -0.05) is 13.8 Å². The molecule has 0 aromatic carbocycles. The van der Waals surface area contributed by atoms with Crippen LogP contribution in [0.3, 0.4) is 0 Å². The van der Waals surface area contributed by atoms with Gasteiger partial charge in [-0.2, -0.15) is 0 Å². The van der Waals surface area contributed by atoms with Gasteiger partial charge in [0.25, 0.3) is 0 Å². The summed E-state index contributed by atoms with van der Waals surface area (Å²) in [4.78, 5) is 2.57. The lowest BCUT2D eigenvalue weighted by Gasteiger charge is -2.28. The van der Waals surface area contributed by atoms with Crippen molar-refractivity contribution in [3.8, 4) is 0 Å². The van der Waals surface area contributed by atoms with Crippen LogP contribution < -0.4 is 5.32 Å². The minimum absolute atomic E-state index is 0.166. The number of nitrogens with zero attached hydrogens (tertiary/aromatic N) is 1. The molecule has 0 spiro atoms. The maximum atomic E-state index is 11.6. The van der Waals surface area contributed by atoms with E-state index < -0.39 is 9.84 Å². The summed E-state index contributed by atoms with van der Waals surface area (Å²) >= 11 is 0. The molecule has 2 rings (SSSR count). The lowest BCUT2D eigenvalue weighted by Crippen LogP contribution is -2.46. The van der Waals surface area contributed by atoms with Crippen molar-refractivity contribution in [2.45, 2.75) is 51.6 Å². The lowest BCUT2D eigenvalue weighted by molar-refractivity contribution is 0.235. The Morgan fingerprint density at radius 1 is 1.26 bits per heavy atom. The van der Waals surface area contributed by atoms with Gasteiger partial charge in [-0.05, 0) is 44.7 Å². The summed E-state index contributed by atoms with van der Waals surface area (Å²) in [5, 5.41) is 3.35. The summed E-state index contributed by atoms with van der Waals surface area (Å²) in [5.74, 6) is 1.38. The van der Waals surface area contributed by atoms with E-state index >= 15 is 0 Å². The van der Waals surface area contributed by atoms with Crippen molar-refractivity contribution in [1.29, 1.82) is 0 Å². The maximum Gasteiger partial charge on any atom is 0.153 e. The van der Waals surface area contributed by atoms with E-state index in [4.69, 9.17) is 0 Å². The molecule has 2 fully saturated rings. The highest BCUT2D eigenvalue weighted by Crippen LogP contribution is 2.27. The summed E-state index contributed by atoms with van der Waals surface area (Å²) in [6.07, 6.45) is 4.86. The molecule has 0 aromatic heterocycles.